The van der Waals surface area contributed by atoms with Gasteiger partial charge in [-0.15, -0.1) is 0 Å². The molecule has 1 aliphatic carbocycles. The Hall–Kier alpha value is -2.40. The predicted octanol–water partition coefficient (Wildman–Crippen LogP) is 5.06. The number of carbonyl (C=O) groups is 1. The molecule has 6 heteroatoms. The van der Waals surface area contributed by atoms with Crippen LogP contribution in [0.2, 0.25) is 0 Å². The molecule has 2 aromatic carbocycles. The van der Waals surface area contributed by atoms with Gasteiger partial charge in [-0.2, -0.15) is 5.26 Å². The van der Waals surface area contributed by atoms with Gasteiger partial charge in [0, 0.05) is 9.61 Å². The van der Waals surface area contributed by atoms with Crippen molar-refractivity contribution in [3.05, 3.63) is 68.3 Å². The number of amides is 1. The largest absolute Gasteiger partial charge is 0.346 e. The van der Waals surface area contributed by atoms with Crippen molar-refractivity contribution in [2.75, 3.05) is 0 Å². The van der Waals surface area contributed by atoms with E-state index < -0.39 is 5.54 Å². The van der Waals surface area contributed by atoms with Crippen LogP contribution < -0.4 is 5.32 Å². The average molecular weight is 526 g/mol. The molecule has 1 saturated heterocycles. The van der Waals surface area contributed by atoms with Gasteiger partial charge in [-0.25, -0.2) is 0 Å². The summed E-state index contributed by atoms with van der Waals surface area (Å²) in [6, 6.07) is 16.2. The van der Waals surface area contributed by atoms with Crippen LogP contribution in [0.1, 0.15) is 67.7 Å². The number of hydrogen-bond acceptors (Lipinski definition) is 3. The number of rotatable bonds is 4. The minimum absolute atomic E-state index is 0.0476. The summed E-state index contributed by atoms with van der Waals surface area (Å²) in [7, 11) is 0. The topological polar surface area (TPSA) is 80.0 Å². The molecule has 1 atom stereocenters. The summed E-state index contributed by atoms with van der Waals surface area (Å²) in [5, 5.41) is 21.0. The molecule has 0 bridgehead atoms. The lowest BCUT2D eigenvalue weighted by Crippen LogP contribution is -2.62. The molecule has 1 amide bonds. The molecule has 5 nitrogen and oxygen atoms in total. The number of hydrogen-bond donors (Lipinski definition) is 2. The van der Waals surface area contributed by atoms with Gasteiger partial charge in [0.2, 0.25) is 5.91 Å². The highest BCUT2D eigenvalue weighted by molar-refractivity contribution is 14.1. The van der Waals surface area contributed by atoms with Crippen molar-refractivity contribution >= 4 is 34.5 Å². The Morgan fingerprint density at radius 2 is 1.90 bits per heavy atom. The van der Waals surface area contributed by atoms with Gasteiger partial charge in [-0.3, -0.25) is 15.1 Å². The second kappa shape index (κ2) is 8.99. The number of nitrogens with one attached hydrogen (secondary N) is 2. The maximum Gasteiger partial charge on any atom is 0.232 e. The fraction of sp³-hybridized carbons (Fsp3) is 0.400. The lowest BCUT2D eigenvalue weighted by atomic mass is 9.84. The summed E-state index contributed by atoms with van der Waals surface area (Å²) in [5.41, 5.74) is 3.44. The van der Waals surface area contributed by atoms with Crippen molar-refractivity contribution in [3.63, 3.8) is 0 Å². The molecule has 2 aromatic rings. The zero-order chi connectivity index (χ0) is 22.0. The van der Waals surface area contributed by atoms with E-state index in [2.05, 4.69) is 46.1 Å². The Balaban J connectivity index is 1.57. The maximum atomic E-state index is 13.2. The van der Waals surface area contributed by atoms with Crippen LogP contribution >= 0.6 is 22.6 Å². The molecule has 0 aromatic heterocycles. The van der Waals surface area contributed by atoms with Crippen molar-refractivity contribution in [2.45, 2.75) is 63.5 Å². The zero-order valence-electron chi connectivity index (χ0n) is 17.7. The summed E-state index contributed by atoms with van der Waals surface area (Å²) in [6.45, 7) is 2.03. The number of benzene rings is 2. The smallest absolute Gasteiger partial charge is 0.232 e. The van der Waals surface area contributed by atoms with Crippen molar-refractivity contribution in [1.29, 1.82) is 10.7 Å². The van der Waals surface area contributed by atoms with Crippen LogP contribution in [0.4, 0.5) is 0 Å². The quantitative estimate of drug-likeness (QED) is 0.547. The number of nitrogens with zero attached hydrogens (tertiary/aromatic N) is 2. The lowest BCUT2D eigenvalue weighted by Gasteiger charge is -2.45. The third-order valence-corrected chi connectivity index (χ3v) is 7.77. The standard InChI is InChI=1S/C25H27IN4O/c1-25(15-22(31)30(24(28)29-25)20-7-3-2-4-8-20)21-9-5-6-19(23(21)26)14-17-10-12-18(16-27)13-11-17/h5-6,9-13,20H,2-4,7-8,14-15H2,1H3,(H2,28,29)/t25-/m0/s1. The zero-order valence-corrected chi connectivity index (χ0v) is 19.9. The molecular weight excluding hydrogens is 499 g/mol. The molecule has 2 fully saturated rings. The summed E-state index contributed by atoms with van der Waals surface area (Å²) >= 11 is 2.37. The van der Waals surface area contributed by atoms with E-state index in [4.69, 9.17) is 10.7 Å². The molecule has 1 saturated carbocycles. The van der Waals surface area contributed by atoms with Crippen molar-refractivity contribution in [2.24, 2.45) is 0 Å². The van der Waals surface area contributed by atoms with Crippen molar-refractivity contribution < 1.29 is 4.79 Å². The Morgan fingerprint density at radius 3 is 2.55 bits per heavy atom. The average Bonchev–Trinajstić information content (AvgIpc) is 2.76. The first kappa shape index (κ1) is 21.8. The molecule has 1 heterocycles. The van der Waals surface area contributed by atoms with Crippen molar-refractivity contribution in [3.8, 4) is 6.07 Å². The monoisotopic (exact) mass is 526 g/mol. The third-order valence-electron chi connectivity index (χ3n) is 6.50. The molecule has 1 aliphatic heterocycles. The Bertz CT molecular complexity index is 1020. The summed E-state index contributed by atoms with van der Waals surface area (Å²) < 4.78 is 1.12. The number of nitriles is 1. The van der Waals surface area contributed by atoms with Crippen molar-refractivity contribution in [1.82, 2.24) is 10.2 Å². The van der Waals surface area contributed by atoms with E-state index in [1.807, 2.05) is 37.3 Å². The highest BCUT2D eigenvalue weighted by atomic mass is 127. The second-order valence-electron chi connectivity index (χ2n) is 8.80. The van der Waals surface area contributed by atoms with E-state index in [-0.39, 0.29) is 17.9 Å². The van der Waals surface area contributed by atoms with Gasteiger partial charge in [0.1, 0.15) is 0 Å². The summed E-state index contributed by atoms with van der Waals surface area (Å²) in [4.78, 5) is 14.9. The maximum absolute atomic E-state index is 13.2. The molecule has 31 heavy (non-hydrogen) atoms. The molecule has 0 radical (unpaired) electrons. The van der Waals surface area contributed by atoms with E-state index in [0.29, 0.717) is 12.0 Å². The second-order valence-corrected chi connectivity index (χ2v) is 9.88. The molecule has 0 spiro atoms. The Morgan fingerprint density at radius 1 is 1.19 bits per heavy atom. The number of halogens is 1. The minimum Gasteiger partial charge on any atom is -0.346 e. The number of carbonyl (C=O) groups excluding carboxylic acids is 1. The van der Waals surface area contributed by atoms with E-state index in [1.165, 1.54) is 12.0 Å². The first-order chi connectivity index (χ1) is 14.9. The van der Waals surface area contributed by atoms with Crippen LogP contribution in [0, 0.1) is 20.3 Å². The van der Waals surface area contributed by atoms with Crippen LogP contribution in [-0.4, -0.2) is 22.8 Å². The van der Waals surface area contributed by atoms with E-state index in [1.54, 1.807) is 4.90 Å². The number of guanidine groups is 1. The molecule has 160 valence electrons. The van der Waals surface area contributed by atoms with Crippen LogP contribution in [-0.2, 0) is 16.8 Å². The predicted molar refractivity (Wildman–Crippen MR) is 130 cm³/mol. The third kappa shape index (κ3) is 4.47. The van der Waals surface area contributed by atoms with Gasteiger partial charge in [0.25, 0.3) is 0 Å². The van der Waals surface area contributed by atoms with E-state index in [0.717, 1.165) is 46.8 Å². The normalized spacial score (nSPS) is 22.2. The van der Waals surface area contributed by atoms with Crippen LogP contribution in [0.15, 0.2) is 42.5 Å². The van der Waals surface area contributed by atoms with E-state index >= 15 is 0 Å². The van der Waals surface area contributed by atoms with Gasteiger partial charge < -0.3 is 5.32 Å². The molecule has 2 N–H and O–H groups in total. The van der Waals surface area contributed by atoms with Gasteiger partial charge in [-0.05, 0) is 77.6 Å². The van der Waals surface area contributed by atoms with E-state index in [9.17, 15) is 4.79 Å². The minimum atomic E-state index is -0.601. The van der Waals surface area contributed by atoms with Gasteiger partial charge in [0.05, 0.1) is 23.6 Å². The lowest BCUT2D eigenvalue weighted by molar-refractivity contribution is -0.132. The highest BCUT2D eigenvalue weighted by Crippen LogP contribution is 2.36. The SMILES string of the molecule is C[C@@]1(c2cccc(Cc3ccc(C#N)cc3)c2I)CC(=O)N(C2CCCCC2)C(=N)N1. The molecule has 0 unspecified atom stereocenters. The van der Waals surface area contributed by atoms with Gasteiger partial charge >= 0.3 is 0 Å². The fourth-order valence-electron chi connectivity index (χ4n) is 4.83. The van der Waals surface area contributed by atoms with Crippen LogP contribution in [0.5, 0.6) is 0 Å². The van der Waals surface area contributed by atoms with Gasteiger partial charge in [-0.1, -0.05) is 49.6 Å². The first-order valence-corrected chi connectivity index (χ1v) is 11.9. The summed E-state index contributed by atoms with van der Waals surface area (Å²) in [5.74, 6) is 0.283. The highest BCUT2D eigenvalue weighted by Gasteiger charge is 2.43. The Kier molecular flexibility index (Phi) is 6.33. The molecular formula is C25H27IN4O. The summed E-state index contributed by atoms with van der Waals surface area (Å²) in [6.07, 6.45) is 6.58. The first-order valence-electron chi connectivity index (χ1n) is 10.9. The molecule has 4 rings (SSSR count). The van der Waals surface area contributed by atoms with Crippen LogP contribution in [0.3, 0.4) is 0 Å². The fourth-order valence-corrected chi connectivity index (χ4v) is 5.97. The Labute approximate surface area is 197 Å². The van der Waals surface area contributed by atoms with Gasteiger partial charge in [0.15, 0.2) is 5.96 Å². The van der Waals surface area contributed by atoms with Crippen LogP contribution in [0.25, 0.3) is 0 Å². The molecule has 2 aliphatic rings.